The molecule has 1 aromatic carbocycles. The van der Waals surface area contributed by atoms with E-state index in [1.165, 1.54) is 0 Å². The van der Waals surface area contributed by atoms with Crippen molar-refractivity contribution in [3.05, 3.63) is 53.3 Å². The molecule has 0 bridgehead atoms. The van der Waals surface area contributed by atoms with E-state index in [1.807, 2.05) is 31.3 Å². The molecule has 0 aliphatic rings. The Balaban J connectivity index is 1.93. The topological polar surface area (TPSA) is 54.4 Å². The molecule has 0 unspecified atom stereocenters. The highest BCUT2D eigenvalue weighted by Crippen LogP contribution is 2.22. The van der Waals surface area contributed by atoms with Crippen molar-refractivity contribution in [1.29, 1.82) is 0 Å². The zero-order valence-electron chi connectivity index (χ0n) is 11.2. The molecule has 2 N–H and O–H groups in total. The maximum atomic E-state index is 9.76. The molecule has 0 atom stereocenters. The summed E-state index contributed by atoms with van der Waals surface area (Å²) in [6.07, 6.45) is 1.85. The molecule has 0 spiro atoms. The van der Waals surface area contributed by atoms with Crippen LogP contribution in [0.1, 0.15) is 16.8 Å². The first-order chi connectivity index (χ1) is 9.19. The van der Waals surface area contributed by atoms with Gasteiger partial charge in [-0.15, -0.1) is 0 Å². The van der Waals surface area contributed by atoms with Gasteiger partial charge in [-0.3, -0.25) is 4.98 Å². The molecule has 4 nitrogen and oxygen atoms in total. The lowest BCUT2D eigenvalue weighted by molar-refractivity contribution is 0.410. The Kier molecular flexibility index (Phi) is 4.36. The van der Waals surface area contributed by atoms with E-state index in [1.54, 1.807) is 19.2 Å². The quantitative estimate of drug-likeness (QED) is 0.864. The molecule has 2 aromatic rings. The van der Waals surface area contributed by atoms with Crippen LogP contribution in [0, 0.1) is 6.92 Å². The molecule has 1 heterocycles. The number of methoxy groups -OCH3 is 1. The van der Waals surface area contributed by atoms with Crippen LogP contribution in [0.5, 0.6) is 11.5 Å². The number of phenols is 1. The van der Waals surface area contributed by atoms with E-state index in [0.717, 1.165) is 22.6 Å². The summed E-state index contributed by atoms with van der Waals surface area (Å²) >= 11 is 0. The molecule has 0 aliphatic carbocycles. The maximum absolute atomic E-state index is 9.76. The summed E-state index contributed by atoms with van der Waals surface area (Å²) in [5.74, 6) is 1.02. The number of phenolic OH excluding ortho intramolecular Hbond substituents is 1. The molecule has 0 fully saturated rings. The van der Waals surface area contributed by atoms with Gasteiger partial charge < -0.3 is 15.2 Å². The van der Waals surface area contributed by atoms with Crippen LogP contribution in [0.15, 0.2) is 36.5 Å². The van der Waals surface area contributed by atoms with E-state index in [4.69, 9.17) is 4.74 Å². The van der Waals surface area contributed by atoms with Crippen molar-refractivity contribution in [1.82, 2.24) is 10.3 Å². The van der Waals surface area contributed by atoms with Gasteiger partial charge in [0.2, 0.25) is 0 Å². The van der Waals surface area contributed by atoms with Gasteiger partial charge in [-0.1, -0.05) is 6.07 Å². The molecule has 0 saturated carbocycles. The van der Waals surface area contributed by atoms with Gasteiger partial charge in [0.15, 0.2) is 0 Å². The van der Waals surface area contributed by atoms with Gasteiger partial charge >= 0.3 is 0 Å². The van der Waals surface area contributed by atoms with Gasteiger partial charge in [0, 0.05) is 30.5 Å². The Hall–Kier alpha value is -2.07. The third kappa shape index (κ3) is 3.69. The van der Waals surface area contributed by atoms with E-state index >= 15 is 0 Å². The van der Waals surface area contributed by atoms with Gasteiger partial charge in [-0.05, 0) is 36.8 Å². The van der Waals surface area contributed by atoms with Crippen molar-refractivity contribution < 1.29 is 9.84 Å². The molecule has 0 amide bonds. The first kappa shape index (κ1) is 13.4. The highest BCUT2D eigenvalue weighted by Gasteiger charge is 2.03. The largest absolute Gasteiger partial charge is 0.508 e. The number of ether oxygens (including phenoxy) is 1. The lowest BCUT2D eigenvalue weighted by Gasteiger charge is -2.09. The second kappa shape index (κ2) is 6.20. The number of benzene rings is 1. The van der Waals surface area contributed by atoms with E-state index in [0.29, 0.717) is 13.1 Å². The smallest absolute Gasteiger partial charge is 0.120 e. The van der Waals surface area contributed by atoms with Crippen LogP contribution in [-0.4, -0.2) is 17.2 Å². The highest BCUT2D eigenvalue weighted by atomic mass is 16.5. The third-order valence-electron chi connectivity index (χ3n) is 2.90. The average Bonchev–Trinajstić information content (AvgIpc) is 2.43. The van der Waals surface area contributed by atoms with Crippen LogP contribution in [-0.2, 0) is 13.1 Å². The molecule has 1 aromatic heterocycles. The average molecular weight is 258 g/mol. The number of nitrogens with zero attached hydrogens (tertiary/aromatic N) is 1. The fraction of sp³-hybridized carbons (Fsp3) is 0.267. The van der Waals surface area contributed by atoms with Gasteiger partial charge in [0.25, 0.3) is 0 Å². The summed E-state index contributed by atoms with van der Waals surface area (Å²) in [4.78, 5) is 4.24. The predicted octanol–water partition coefficient (Wildman–Crippen LogP) is 2.39. The van der Waals surface area contributed by atoms with Crippen LogP contribution >= 0.6 is 0 Å². The Morgan fingerprint density at radius 3 is 2.74 bits per heavy atom. The predicted molar refractivity (Wildman–Crippen MR) is 74.2 cm³/mol. The Morgan fingerprint density at radius 1 is 1.21 bits per heavy atom. The lowest BCUT2D eigenvalue weighted by Crippen LogP contribution is -2.13. The summed E-state index contributed by atoms with van der Waals surface area (Å²) in [6, 6.07) is 9.24. The Labute approximate surface area is 113 Å². The molecule has 0 saturated heterocycles. The van der Waals surface area contributed by atoms with Gasteiger partial charge in [0.05, 0.1) is 7.11 Å². The van der Waals surface area contributed by atoms with Crippen LogP contribution in [0.2, 0.25) is 0 Å². The van der Waals surface area contributed by atoms with E-state index < -0.39 is 0 Å². The molecule has 19 heavy (non-hydrogen) atoms. The van der Waals surface area contributed by atoms with Crippen molar-refractivity contribution >= 4 is 0 Å². The van der Waals surface area contributed by atoms with Crippen LogP contribution in [0.3, 0.4) is 0 Å². The summed E-state index contributed by atoms with van der Waals surface area (Å²) in [5.41, 5.74) is 2.95. The molecular formula is C15H18N2O2. The van der Waals surface area contributed by atoms with Crippen LogP contribution in [0.25, 0.3) is 0 Å². The standard InChI is InChI=1S/C15H18N2O2/c1-11-3-4-12(9-17-11)8-16-10-13-7-14(19-2)5-6-15(13)18/h3-7,9,16,18H,8,10H2,1-2H3. The van der Waals surface area contributed by atoms with Crippen LogP contribution < -0.4 is 10.1 Å². The minimum atomic E-state index is 0.273. The summed E-state index contributed by atoms with van der Waals surface area (Å²) in [7, 11) is 1.61. The zero-order valence-corrected chi connectivity index (χ0v) is 11.2. The maximum Gasteiger partial charge on any atom is 0.120 e. The summed E-state index contributed by atoms with van der Waals surface area (Å²) < 4.78 is 5.14. The van der Waals surface area contributed by atoms with E-state index in [2.05, 4.69) is 10.3 Å². The van der Waals surface area contributed by atoms with Crippen molar-refractivity contribution in [2.24, 2.45) is 0 Å². The second-order valence-corrected chi connectivity index (χ2v) is 4.41. The van der Waals surface area contributed by atoms with Gasteiger partial charge in [0.1, 0.15) is 11.5 Å². The van der Waals surface area contributed by atoms with E-state index in [-0.39, 0.29) is 5.75 Å². The number of pyridine rings is 1. The summed E-state index contributed by atoms with van der Waals surface area (Å²) in [6.45, 7) is 3.26. The summed E-state index contributed by atoms with van der Waals surface area (Å²) in [5, 5.41) is 13.0. The highest BCUT2D eigenvalue weighted by molar-refractivity contribution is 5.39. The fourth-order valence-corrected chi connectivity index (χ4v) is 1.77. The number of nitrogens with one attached hydrogen (secondary N) is 1. The van der Waals surface area contributed by atoms with Crippen molar-refractivity contribution in [2.45, 2.75) is 20.0 Å². The minimum absolute atomic E-state index is 0.273. The lowest BCUT2D eigenvalue weighted by atomic mass is 10.2. The Morgan fingerprint density at radius 2 is 2.05 bits per heavy atom. The van der Waals surface area contributed by atoms with E-state index in [9.17, 15) is 5.11 Å². The second-order valence-electron chi connectivity index (χ2n) is 4.41. The molecular weight excluding hydrogens is 240 g/mol. The monoisotopic (exact) mass is 258 g/mol. The Bertz CT molecular complexity index is 538. The van der Waals surface area contributed by atoms with Crippen LogP contribution in [0.4, 0.5) is 0 Å². The first-order valence-corrected chi connectivity index (χ1v) is 6.17. The molecule has 0 radical (unpaired) electrons. The van der Waals surface area contributed by atoms with Gasteiger partial charge in [-0.25, -0.2) is 0 Å². The number of rotatable bonds is 5. The zero-order chi connectivity index (χ0) is 13.7. The molecule has 2 rings (SSSR count). The molecule has 0 aliphatic heterocycles. The SMILES string of the molecule is COc1ccc(O)c(CNCc2ccc(C)nc2)c1. The first-order valence-electron chi connectivity index (χ1n) is 6.17. The number of hydrogen-bond acceptors (Lipinski definition) is 4. The van der Waals surface area contributed by atoms with Crippen molar-refractivity contribution in [3.63, 3.8) is 0 Å². The fourth-order valence-electron chi connectivity index (χ4n) is 1.77. The minimum Gasteiger partial charge on any atom is -0.508 e. The molecule has 100 valence electrons. The van der Waals surface area contributed by atoms with Crippen molar-refractivity contribution in [3.8, 4) is 11.5 Å². The van der Waals surface area contributed by atoms with Gasteiger partial charge in [-0.2, -0.15) is 0 Å². The van der Waals surface area contributed by atoms with Crippen molar-refractivity contribution in [2.75, 3.05) is 7.11 Å². The number of aromatic hydroxyl groups is 1. The molecule has 4 heteroatoms. The number of aromatic nitrogens is 1. The normalized spacial score (nSPS) is 10.4. The third-order valence-corrected chi connectivity index (χ3v) is 2.90. The number of aryl methyl sites for hydroxylation is 1. The number of hydrogen-bond donors (Lipinski definition) is 2.